The van der Waals surface area contributed by atoms with Crippen molar-refractivity contribution in [3.05, 3.63) is 66.9 Å². The molecule has 1 heterocycles. The second-order valence-electron chi connectivity index (χ2n) is 3.74. The standard InChI is InChI=1S/C14H11N3/c1-2-7-13(8-3-1)15-16-17-11-10-12-6-4-5-9-14(12)17/h1-11H. The number of para-hydroxylation sites is 1. The summed E-state index contributed by atoms with van der Waals surface area (Å²) in [5.41, 5.74) is 1.91. The van der Waals surface area contributed by atoms with E-state index in [1.165, 1.54) is 5.39 Å². The first-order valence-electron chi connectivity index (χ1n) is 5.47. The van der Waals surface area contributed by atoms with E-state index in [1.807, 2.05) is 60.8 Å². The number of hydrogen-bond acceptors (Lipinski definition) is 2. The molecule has 2 aromatic carbocycles. The summed E-state index contributed by atoms with van der Waals surface area (Å²) in [6.45, 7) is 0. The van der Waals surface area contributed by atoms with Crippen LogP contribution in [0.3, 0.4) is 0 Å². The summed E-state index contributed by atoms with van der Waals surface area (Å²) >= 11 is 0. The van der Waals surface area contributed by atoms with E-state index < -0.39 is 0 Å². The summed E-state index contributed by atoms with van der Waals surface area (Å²) in [6.07, 6.45) is 1.91. The van der Waals surface area contributed by atoms with Gasteiger partial charge in [0, 0.05) is 11.6 Å². The maximum atomic E-state index is 4.21. The zero-order valence-electron chi connectivity index (χ0n) is 9.19. The molecule has 1 aromatic heterocycles. The van der Waals surface area contributed by atoms with Gasteiger partial charge in [0.05, 0.1) is 11.2 Å². The van der Waals surface area contributed by atoms with Crippen molar-refractivity contribution in [3.63, 3.8) is 0 Å². The third-order valence-corrected chi connectivity index (χ3v) is 2.59. The minimum absolute atomic E-state index is 0.852. The predicted molar refractivity (Wildman–Crippen MR) is 68.3 cm³/mol. The van der Waals surface area contributed by atoms with Crippen LogP contribution in [0.25, 0.3) is 10.9 Å². The molecule has 3 heteroatoms. The highest BCUT2D eigenvalue weighted by atomic mass is 15.5. The van der Waals surface area contributed by atoms with Gasteiger partial charge in [0.1, 0.15) is 0 Å². The van der Waals surface area contributed by atoms with Crippen molar-refractivity contribution in [2.45, 2.75) is 0 Å². The second-order valence-corrected chi connectivity index (χ2v) is 3.74. The molecular weight excluding hydrogens is 210 g/mol. The molecule has 0 amide bonds. The lowest BCUT2D eigenvalue weighted by atomic mass is 10.3. The fourth-order valence-corrected chi connectivity index (χ4v) is 1.74. The normalized spacial score (nSPS) is 11.3. The monoisotopic (exact) mass is 221 g/mol. The molecule has 17 heavy (non-hydrogen) atoms. The van der Waals surface area contributed by atoms with Crippen LogP contribution in [0, 0.1) is 0 Å². The van der Waals surface area contributed by atoms with Crippen LogP contribution < -0.4 is 0 Å². The molecule has 0 N–H and O–H groups in total. The Balaban J connectivity index is 1.98. The number of nitrogens with zero attached hydrogens (tertiary/aromatic N) is 3. The first-order chi connectivity index (χ1) is 8.43. The number of hydrogen-bond donors (Lipinski definition) is 0. The quantitative estimate of drug-likeness (QED) is 0.581. The molecule has 3 rings (SSSR count). The summed E-state index contributed by atoms with van der Waals surface area (Å²) in [4.78, 5) is 0. The van der Waals surface area contributed by atoms with Crippen LogP contribution in [0.2, 0.25) is 0 Å². The number of aromatic nitrogens is 1. The van der Waals surface area contributed by atoms with Gasteiger partial charge in [0.2, 0.25) is 0 Å². The molecule has 0 radical (unpaired) electrons. The zero-order chi connectivity index (χ0) is 11.5. The maximum absolute atomic E-state index is 4.21. The molecule has 0 atom stereocenters. The third kappa shape index (κ3) is 1.95. The predicted octanol–water partition coefficient (Wildman–Crippen LogP) is 4.19. The largest absolute Gasteiger partial charge is 0.222 e. The Hall–Kier alpha value is -2.42. The molecule has 0 unspecified atom stereocenters. The van der Waals surface area contributed by atoms with E-state index in [1.54, 1.807) is 4.68 Å². The van der Waals surface area contributed by atoms with Crippen LogP contribution in [0.15, 0.2) is 77.2 Å². The van der Waals surface area contributed by atoms with Crippen molar-refractivity contribution in [1.29, 1.82) is 0 Å². The number of rotatable bonds is 2. The molecule has 0 saturated carbocycles. The Labute approximate surface area is 99.0 Å². The van der Waals surface area contributed by atoms with E-state index in [2.05, 4.69) is 16.4 Å². The van der Waals surface area contributed by atoms with Crippen molar-refractivity contribution in [1.82, 2.24) is 4.68 Å². The van der Waals surface area contributed by atoms with Crippen LogP contribution >= 0.6 is 0 Å². The third-order valence-electron chi connectivity index (χ3n) is 2.59. The molecular formula is C14H11N3. The molecule has 0 aliphatic rings. The van der Waals surface area contributed by atoms with Gasteiger partial charge >= 0.3 is 0 Å². The zero-order valence-corrected chi connectivity index (χ0v) is 9.19. The second kappa shape index (κ2) is 4.22. The van der Waals surface area contributed by atoms with Gasteiger partial charge < -0.3 is 0 Å². The van der Waals surface area contributed by atoms with Crippen LogP contribution in [0.5, 0.6) is 0 Å². The fourth-order valence-electron chi connectivity index (χ4n) is 1.74. The van der Waals surface area contributed by atoms with E-state index in [4.69, 9.17) is 0 Å². The lowest BCUT2D eigenvalue weighted by molar-refractivity contribution is 0.841. The average Bonchev–Trinajstić information content (AvgIpc) is 2.81. The molecule has 82 valence electrons. The van der Waals surface area contributed by atoms with Gasteiger partial charge in [-0.1, -0.05) is 41.6 Å². The van der Waals surface area contributed by atoms with E-state index in [9.17, 15) is 0 Å². The molecule has 0 bridgehead atoms. The minimum Gasteiger partial charge on any atom is -0.222 e. The van der Waals surface area contributed by atoms with Crippen molar-refractivity contribution in [3.8, 4) is 0 Å². The van der Waals surface area contributed by atoms with Crippen molar-refractivity contribution < 1.29 is 0 Å². The minimum atomic E-state index is 0.852. The van der Waals surface area contributed by atoms with Gasteiger partial charge in [0.15, 0.2) is 0 Å². The smallest absolute Gasteiger partial charge is 0.0874 e. The topological polar surface area (TPSA) is 29.6 Å². The van der Waals surface area contributed by atoms with E-state index >= 15 is 0 Å². The number of fused-ring (bicyclic) bond motifs is 1. The van der Waals surface area contributed by atoms with Crippen molar-refractivity contribution >= 4 is 16.6 Å². The molecule has 0 saturated heterocycles. The summed E-state index contributed by atoms with van der Waals surface area (Å²) in [6, 6.07) is 19.8. The van der Waals surface area contributed by atoms with Crippen LogP contribution in [-0.2, 0) is 0 Å². The van der Waals surface area contributed by atoms with Crippen LogP contribution in [0.4, 0.5) is 5.69 Å². The molecule has 3 nitrogen and oxygen atoms in total. The van der Waals surface area contributed by atoms with Gasteiger partial charge in [-0.25, -0.2) is 4.68 Å². The maximum Gasteiger partial charge on any atom is 0.0874 e. The molecule has 0 aliphatic heterocycles. The lowest BCUT2D eigenvalue weighted by Gasteiger charge is -1.95. The lowest BCUT2D eigenvalue weighted by Crippen LogP contribution is -1.82. The Morgan fingerprint density at radius 2 is 1.53 bits per heavy atom. The summed E-state index contributed by atoms with van der Waals surface area (Å²) in [5.74, 6) is 0. The highest BCUT2D eigenvalue weighted by molar-refractivity contribution is 5.79. The Morgan fingerprint density at radius 1 is 0.765 bits per heavy atom. The van der Waals surface area contributed by atoms with Gasteiger partial charge in [-0.2, -0.15) is 0 Å². The van der Waals surface area contributed by atoms with Crippen molar-refractivity contribution in [2.75, 3.05) is 0 Å². The highest BCUT2D eigenvalue weighted by Crippen LogP contribution is 2.16. The Bertz CT molecular complexity index is 653. The fraction of sp³-hybridized carbons (Fsp3) is 0. The Kier molecular flexibility index (Phi) is 2.43. The molecule has 0 fully saturated rings. The summed E-state index contributed by atoms with van der Waals surface area (Å²) < 4.78 is 1.78. The number of benzene rings is 2. The first-order valence-corrected chi connectivity index (χ1v) is 5.47. The van der Waals surface area contributed by atoms with Gasteiger partial charge in [-0.15, -0.1) is 5.11 Å². The first kappa shape index (κ1) is 9.78. The Morgan fingerprint density at radius 3 is 2.41 bits per heavy atom. The van der Waals surface area contributed by atoms with Crippen molar-refractivity contribution in [2.24, 2.45) is 10.3 Å². The van der Waals surface area contributed by atoms with Gasteiger partial charge in [-0.3, -0.25) is 0 Å². The van der Waals surface area contributed by atoms with Gasteiger partial charge in [0.25, 0.3) is 0 Å². The highest BCUT2D eigenvalue weighted by Gasteiger charge is 1.97. The summed E-state index contributed by atoms with van der Waals surface area (Å²) in [7, 11) is 0. The average molecular weight is 221 g/mol. The molecule has 0 spiro atoms. The van der Waals surface area contributed by atoms with Gasteiger partial charge in [-0.05, 0) is 24.3 Å². The molecule has 0 aliphatic carbocycles. The van der Waals surface area contributed by atoms with Crippen LogP contribution in [0.1, 0.15) is 0 Å². The SMILES string of the molecule is c1ccc(N=Nn2ccc3ccccc32)cc1. The van der Waals surface area contributed by atoms with E-state index in [0.29, 0.717) is 0 Å². The van der Waals surface area contributed by atoms with Crippen LogP contribution in [-0.4, -0.2) is 4.68 Å². The van der Waals surface area contributed by atoms with E-state index in [-0.39, 0.29) is 0 Å². The van der Waals surface area contributed by atoms with E-state index in [0.717, 1.165) is 11.2 Å². The summed E-state index contributed by atoms with van der Waals surface area (Å²) in [5, 5.41) is 9.56. The molecule has 3 aromatic rings.